The van der Waals surface area contributed by atoms with Crippen LogP contribution >= 0.6 is 0 Å². The van der Waals surface area contributed by atoms with Crippen molar-refractivity contribution in [2.24, 2.45) is 0 Å². The fraction of sp³-hybridized carbons (Fsp3) is 0.273. The Morgan fingerprint density at radius 1 is 1.17 bits per heavy atom. The number of hydrogen-bond acceptors (Lipinski definition) is 2. The third-order valence-corrected chi connectivity index (χ3v) is 2.01. The highest BCUT2D eigenvalue weighted by Gasteiger charge is 2.38. The van der Waals surface area contributed by atoms with E-state index in [0.29, 0.717) is 0 Å². The minimum Gasteiger partial charge on any atom is -0.352 e. The molecule has 2 N–H and O–H groups in total. The van der Waals surface area contributed by atoms with Gasteiger partial charge in [0.05, 0.1) is 0 Å². The van der Waals surface area contributed by atoms with Gasteiger partial charge in [0.25, 0.3) is 0 Å². The number of rotatable bonds is 3. The lowest BCUT2D eigenvalue weighted by Crippen LogP contribution is -2.29. The molecule has 0 radical (unpaired) electrons. The maximum Gasteiger partial charge on any atom is 0.471 e. The molecule has 0 heterocycles. The topological polar surface area (TPSA) is 58.2 Å². The maximum absolute atomic E-state index is 12.0. The summed E-state index contributed by atoms with van der Waals surface area (Å²) in [6.07, 6.45) is -4.91. The largest absolute Gasteiger partial charge is 0.471 e. The second-order valence-electron chi connectivity index (χ2n) is 3.56. The quantitative estimate of drug-likeness (QED) is 0.871. The van der Waals surface area contributed by atoms with Crippen molar-refractivity contribution in [1.29, 1.82) is 0 Å². The number of carbonyl (C=O) groups is 2. The molecule has 1 aromatic rings. The zero-order valence-corrected chi connectivity index (χ0v) is 9.47. The van der Waals surface area contributed by atoms with E-state index in [-0.39, 0.29) is 18.1 Å². The van der Waals surface area contributed by atoms with Crippen molar-refractivity contribution in [2.75, 3.05) is 5.32 Å². The fourth-order valence-electron chi connectivity index (χ4n) is 1.13. The summed E-state index contributed by atoms with van der Waals surface area (Å²) in [4.78, 5) is 21.3. The second-order valence-corrected chi connectivity index (χ2v) is 3.56. The molecule has 0 aliphatic carbocycles. The number of carbonyl (C=O) groups excluding carboxylic acids is 2. The number of anilines is 1. The third-order valence-electron chi connectivity index (χ3n) is 2.01. The molecule has 0 saturated heterocycles. The molecule has 18 heavy (non-hydrogen) atoms. The van der Waals surface area contributed by atoms with Gasteiger partial charge in [-0.3, -0.25) is 9.59 Å². The van der Waals surface area contributed by atoms with E-state index in [1.807, 2.05) is 0 Å². The summed E-state index contributed by atoms with van der Waals surface area (Å²) in [5.74, 6) is -2.22. The predicted molar refractivity (Wildman–Crippen MR) is 58.6 cm³/mol. The Balaban J connectivity index is 2.60. The average Bonchev–Trinajstić information content (AvgIpc) is 2.26. The first-order valence-electron chi connectivity index (χ1n) is 5.00. The van der Waals surface area contributed by atoms with Gasteiger partial charge < -0.3 is 10.6 Å². The second kappa shape index (κ2) is 5.52. The lowest BCUT2D eigenvalue weighted by Gasteiger charge is -2.08. The third kappa shape index (κ3) is 4.44. The van der Waals surface area contributed by atoms with Crippen molar-refractivity contribution >= 4 is 17.5 Å². The lowest BCUT2D eigenvalue weighted by molar-refractivity contribution is -0.167. The van der Waals surface area contributed by atoms with Crippen LogP contribution in [0.3, 0.4) is 0 Å². The summed E-state index contributed by atoms with van der Waals surface area (Å²) in [5, 5.41) is 4.26. The molecule has 4 nitrogen and oxygen atoms in total. The molecule has 0 aliphatic rings. The van der Waals surface area contributed by atoms with Crippen LogP contribution in [0, 0.1) is 0 Å². The molecule has 1 aromatic carbocycles. The molecule has 0 spiro atoms. The Morgan fingerprint density at radius 3 is 2.17 bits per heavy atom. The van der Waals surface area contributed by atoms with Gasteiger partial charge in [-0.15, -0.1) is 0 Å². The number of nitrogens with one attached hydrogen (secondary N) is 2. The van der Waals surface area contributed by atoms with E-state index in [1.54, 1.807) is 5.32 Å². The Hall–Kier alpha value is -2.05. The molecule has 0 aliphatic heterocycles. The van der Waals surface area contributed by atoms with Gasteiger partial charge in [0.2, 0.25) is 5.91 Å². The predicted octanol–water partition coefficient (Wildman–Crippen LogP) is 1.82. The Morgan fingerprint density at radius 2 is 1.72 bits per heavy atom. The van der Waals surface area contributed by atoms with Crippen LogP contribution in [0.2, 0.25) is 0 Å². The fourth-order valence-corrected chi connectivity index (χ4v) is 1.13. The monoisotopic (exact) mass is 260 g/mol. The number of alkyl halides is 3. The SMILES string of the molecule is CC(=O)NCc1ccc(NC(=O)C(F)(F)F)cc1. The number of hydrogen-bond donors (Lipinski definition) is 2. The van der Waals surface area contributed by atoms with Gasteiger partial charge in [-0.05, 0) is 17.7 Å². The van der Waals surface area contributed by atoms with Crippen LogP contribution < -0.4 is 10.6 Å². The molecule has 0 unspecified atom stereocenters. The lowest BCUT2D eigenvalue weighted by atomic mass is 10.2. The summed E-state index contributed by atoms with van der Waals surface area (Å²) < 4.78 is 35.9. The van der Waals surface area contributed by atoms with E-state index in [0.717, 1.165) is 5.56 Å². The molecule has 2 amide bonds. The highest BCUT2D eigenvalue weighted by Crippen LogP contribution is 2.18. The minimum atomic E-state index is -4.91. The van der Waals surface area contributed by atoms with Gasteiger partial charge in [-0.25, -0.2) is 0 Å². The van der Waals surface area contributed by atoms with Crippen molar-refractivity contribution in [2.45, 2.75) is 19.6 Å². The van der Waals surface area contributed by atoms with Gasteiger partial charge in [-0.2, -0.15) is 13.2 Å². The van der Waals surface area contributed by atoms with E-state index in [9.17, 15) is 22.8 Å². The summed E-state index contributed by atoms with van der Waals surface area (Å²) >= 11 is 0. The Bertz CT molecular complexity index is 441. The van der Waals surface area contributed by atoms with Gasteiger partial charge >= 0.3 is 12.1 Å². The smallest absolute Gasteiger partial charge is 0.352 e. The highest BCUT2D eigenvalue weighted by atomic mass is 19.4. The zero-order chi connectivity index (χ0) is 13.8. The van der Waals surface area contributed by atoms with E-state index >= 15 is 0 Å². The van der Waals surface area contributed by atoms with Crippen molar-refractivity contribution in [3.8, 4) is 0 Å². The summed E-state index contributed by atoms with van der Waals surface area (Å²) in [6.45, 7) is 1.64. The average molecular weight is 260 g/mol. The Kier molecular flexibility index (Phi) is 4.30. The van der Waals surface area contributed by atoms with Gasteiger partial charge in [0, 0.05) is 19.2 Å². The number of amides is 2. The van der Waals surface area contributed by atoms with Crippen LogP contribution in [-0.2, 0) is 16.1 Å². The molecule has 7 heteroatoms. The summed E-state index contributed by atoms with van der Waals surface area (Å²) in [7, 11) is 0. The van der Waals surface area contributed by atoms with Crippen LogP contribution in [0.5, 0.6) is 0 Å². The summed E-state index contributed by atoms with van der Waals surface area (Å²) in [5.41, 5.74) is 0.763. The van der Waals surface area contributed by atoms with Crippen LogP contribution in [-0.4, -0.2) is 18.0 Å². The van der Waals surface area contributed by atoms with E-state index < -0.39 is 12.1 Å². The molecule has 0 bridgehead atoms. The van der Waals surface area contributed by atoms with Crippen molar-refractivity contribution in [3.05, 3.63) is 29.8 Å². The molecular weight excluding hydrogens is 249 g/mol. The van der Waals surface area contributed by atoms with Gasteiger partial charge in [0.15, 0.2) is 0 Å². The van der Waals surface area contributed by atoms with E-state index in [1.165, 1.54) is 31.2 Å². The van der Waals surface area contributed by atoms with E-state index in [4.69, 9.17) is 0 Å². The first-order valence-corrected chi connectivity index (χ1v) is 5.00. The van der Waals surface area contributed by atoms with Crippen molar-refractivity contribution in [1.82, 2.24) is 5.32 Å². The molecule has 0 fully saturated rings. The van der Waals surface area contributed by atoms with Crippen molar-refractivity contribution < 1.29 is 22.8 Å². The molecule has 98 valence electrons. The van der Waals surface area contributed by atoms with Crippen LogP contribution in [0.25, 0.3) is 0 Å². The molecule has 0 aromatic heterocycles. The van der Waals surface area contributed by atoms with Crippen LogP contribution in [0.15, 0.2) is 24.3 Å². The minimum absolute atomic E-state index is 0.0453. The highest BCUT2D eigenvalue weighted by molar-refractivity contribution is 5.94. The number of benzene rings is 1. The normalized spacial score (nSPS) is 10.9. The van der Waals surface area contributed by atoms with Crippen LogP contribution in [0.4, 0.5) is 18.9 Å². The number of halogens is 3. The first kappa shape index (κ1) is 14.0. The molecule has 1 rings (SSSR count). The van der Waals surface area contributed by atoms with Gasteiger partial charge in [0.1, 0.15) is 0 Å². The standard InChI is InChI=1S/C11H11F3N2O2/c1-7(17)15-6-8-2-4-9(5-3-8)16-10(18)11(12,13)14/h2-5H,6H2,1H3,(H,15,17)(H,16,18). The molecule has 0 atom stereocenters. The molecular formula is C11H11F3N2O2. The van der Waals surface area contributed by atoms with Crippen LogP contribution in [0.1, 0.15) is 12.5 Å². The van der Waals surface area contributed by atoms with Gasteiger partial charge in [-0.1, -0.05) is 12.1 Å². The Labute approximate surface area is 101 Å². The first-order chi connectivity index (χ1) is 8.29. The molecule has 0 saturated carbocycles. The van der Waals surface area contributed by atoms with E-state index in [2.05, 4.69) is 5.32 Å². The van der Waals surface area contributed by atoms with Crippen molar-refractivity contribution in [3.63, 3.8) is 0 Å². The summed E-state index contributed by atoms with van der Waals surface area (Å²) in [6, 6.07) is 5.70. The zero-order valence-electron chi connectivity index (χ0n) is 9.47. The maximum atomic E-state index is 12.0.